The van der Waals surface area contributed by atoms with E-state index in [1.807, 2.05) is 0 Å². The van der Waals surface area contributed by atoms with Gasteiger partial charge >= 0.3 is 6.18 Å². The lowest BCUT2D eigenvalue weighted by molar-refractivity contribution is -0.221. The van der Waals surface area contributed by atoms with E-state index in [9.17, 15) is 23.1 Å². The average molecular weight is 252 g/mol. The third-order valence-electron chi connectivity index (χ3n) is 3.51. The molecule has 0 radical (unpaired) electrons. The number of hydrogen-bond acceptors (Lipinski definition) is 3. The second-order valence-electron chi connectivity index (χ2n) is 4.59. The fourth-order valence-corrected chi connectivity index (χ4v) is 1.95. The number of Topliss-reactive ketones (excluding diaryl/α,β-unsaturated/α-hetero) is 1. The van der Waals surface area contributed by atoms with Crippen LogP contribution in [0.2, 0.25) is 0 Å². The van der Waals surface area contributed by atoms with Gasteiger partial charge in [-0.1, -0.05) is 0 Å². The largest absolute Gasteiger partial charge is 0.411 e. The Hall–Kier alpha value is -0.880. The second-order valence-corrected chi connectivity index (χ2v) is 4.59. The minimum atomic E-state index is -4.50. The molecule has 1 aliphatic carbocycles. The molecule has 98 valence electrons. The molecule has 6 heteroatoms. The zero-order chi connectivity index (χ0) is 13.6. The van der Waals surface area contributed by atoms with Gasteiger partial charge in [-0.2, -0.15) is 13.2 Å². The summed E-state index contributed by atoms with van der Waals surface area (Å²) in [5, 5.41) is 10.0. The summed E-state index contributed by atoms with van der Waals surface area (Å²) in [6, 6.07) is 0. The summed E-state index contributed by atoms with van der Waals surface area (Å²) < 4.78 is 41.2. The van der Waals surface area contributed by atoms with Crippen LogP contribution in [-0.2, 0) is 9.53 Å². The Labute approximate surface area is 97.3 Å². The zero-order valence-corrected chi connectivity index (χ0v) is 10.1. The lowest BCUT2D eigenvalue weighted by Gasteiger charge is -2.37. The molecule has 0 aromatic carbocycles. The molecule has 0 saturated heterocycles. The normalized spacial score (nSPS) is 34.7. The Balaban J connectivity index is 3.06. The first kappa shape index (κ1) is 14.2. The molecular formula is C11H15F3O3. The van der Waals surface area contributed by atoms with Gasteiger partial charge in [-0.05, 0) is 38.8 Å². The van der Waals surface area contributed by atoms with Crippen molar-refractivity contribution in [2.24, 2.45) is 0 Å². The summed E-state index contributed by atoms with van der Waals surface area (Å²) in [6.07, 6.45) is -4.50. The highest BCUT2D eigenvalue weighted by molar-refractivity contribution is 6.06. The predicted molar refractivity (Wildman–Crippen MR) is 54.4 cm³/mol. The lowest BCUT2D eigenvalue weighted by atomic mass is 9.84. The van der Waals surface area contributed by atoms with Crippen molar-refractivity contribution in [2.75, 3.05) is 6.61 Å². The third kappa shape index (κ3) is 2.11. The first-order chi connectivity index (χ1) is 7.43. The Morgan fingerprint density at radius 1 is 1.29 bits per heavy atom. The standard InChI is InChI=1S/C11H15F3O3/c1-6-7(2)10(4,9(3,16)8(6)15)17-5-11(12,13)14/h16H,5H2,1-4H3/t9-,10-/m1/s1. The number of rotatable bonds is 2. The maximum absolute atomic E-state index is 12.1. The highest BCUT2D eigenvalue weighted by atomic mass is 19.4. The number of carbonyl (C=O) groups excluding carboxylic acids is 1. The topological polar surface area (TPSA) is 46.5 Å². The molecule has 1 rings (SSSR count). The van der Waals surface area contributed by atoms with E-state index in [0.717, 1.165) is 0 Å². The van der Waals surface area contributed by atoms with Crippen molar-refractivity contribution in [3.05, 3.63) is 11.1 Å². The van der Waals surface area contributed by atoms with Crippen molar-refractivity contribution < 1.29 is 27.8 Å². The molecule has 1 N–H and O–H groups in total. The SMILES string of the molecule is CC1=C(C)[C@@](C)(OCC(F)(F)F)[C@](C)(O)C1=O. The Bertz CT molecular complexity index is 382. The van der Waals surface area contributed by atoms with Crippen LogP contribution in [0.3, 0.4) is 0 Å². The van der Waals surface area contributed by atoms with Gasteiger partial charge in [0.05, 0.1) is 0 Å². The van der Waals surface area contributed by atoms with Crippen LogP contribution in [0.4, 0.5) is 13.2 Å². The van der Waals surface area contributed by atoms with E-state index < -0.39 is 29.8 Å². The highest BCUT2D eigenvalue weighted by Crippen LogP contribution is 2.43. The van der Waals surface area contributed by atoms with E-state index in [1.165, 1.54) is 27.7 Å². The Morgan fingerprint density at radius 2 is 1.76 bits per heavy atom. The molecule has 3 nitrogen and oxygen atoms in total. The number of carbonyl (C=O) groups is 1. The van der Waals surface area contributed by atoms with Crippen LogP contribution in [0.25, 0.3) is 0 Å². The van der Waals surface area contributed by atoms with Gasteiger partial charge in [-0.25, -0.2) is 0 Å². The Kier molecular flexibility index (Phi) is 3.18. The van der Waals surface area contributed by atoms with E-state index in [1.54, 1.807) is 0 Å². The third-order valence-corrected chi connectivity index (χ3v) is 3.51. The minimum Gasteiger partial charge on any atom is -0.379 e. The molecular weight excluding hydrogens is 237 g/mol. The average Bonchev–Trinajstić information content (AvgIpc) is 2.29. The number of aliphatic hydroxyl groups is 1. The molecule has 0 spiro atoms. The van der Waals surface area contributed by atoms with Gasteiger partial charge in [0.1, 0.15) is 12.2 Å². The zero-order valence-electron chi connectivity index (χ0n) is 10.1. The second kappa shape index (κ2) is 3.81. The summed E-state index contributed by atoms with van der Waals surface area (Å²) in [5.74, 6) is -0.598. The van der Waals surface area contributed by atoms with Gasteiger partial charge in [0.25, 0.3) is 0 Å². The van der Waals surface area contributed by atoms with Crippen LogP contribution in [0.5, 0.6) is 0 Å². The van der Waals surface area contributed by atoms with Gasteiger partial charge < -0.3 is 9.84 Å². The van der Waals surface area contributed by atoms with Crippen LogP contribution < -0.4 is 0 Å². The van der Waals surface area contributed by atoms with Crippen LogP contribution in [-0.4, -0.2) is 34.9 Å². The summed E-state index contributed by atoms with van der Waals surface area (Å²) in [7, 11) is 0. The summed E-state index contributed by atoms with van der Waals surface area (Å²) >= 11 is 0. The van der Waals surface area contributed by atoms with Crippen LogP contribution in [0.15, 0.2) is 11.1 Å². The molecule has 0 bridgehead atoms. The van der Waals surface area contributed by atoms with E-state index in [4.69, 9.17) is 4.74 Å². The monoisotopic (exact) mass is 252 g/mol. The molecule has 0 aromatic heterocycles. The number of halogens is 3. The molecule has 0 fully saturated rings. The molecule has 2 atom stereocenters. The number of ketones is 1. The first-order valence-corrected chi connectivity index (χ1v) is 5.09. The smallest absolute Gasteiger partial charge is 0.379 e. The van der Waals surface area contributed by atoms with Gasteiger partial charge in [0, 0.05) is 0 Å². The number of hydrogen-bond donors (Lipinski definition) is 1. The molecule has 0 heterocycles. The van der Waals surface area contributed by atoms with Crippen molar-refractivity contribution in [1.82, 2.24) is 0 Å². The van der Waals surface area contributed by atoms with E-state index in [-0.39, 0.29) is 5.57 Å². The van der Waals surface area contributed by atoms with Crippen molar-refractivity contribution >= 4 is 5.78 Å². The summed E-state index contributed by atoms with van der Waals surface area (Å²) in [6.45, 7) is 3.92. The molecule has 0 unspecified atom stereocenters. The summed E-state index contributed by atoms with van der Waals surface area (Å²) in [4.78, 5) is 11.7. The van der Waals surface area contributed by atoms with Crippen LogP contribution in [0.1, 0.15) is 27.7 Å². The molecule has 0 amide bonds. The first-order valence-electron chi connectivity index (χ1n) is 5.09. The quantitative estimate of drug-likeness (QED) is 0.817. The van der Waals surface area contributed by atoms with Gasteiger partial charge in [0.15, 0.2) is 11.4 Å². The van der Waals surface area contributed by atoms with Gasteiger partial charge in [-0.15, -0.1) is 0 Å². The fourth-order valence-electron chi connectivity index (χ4n) is 1.95. The maximum Gasteiger partial charge on any atom is 0.411 e. The van der Waals surface area contributed by atoms with E-state index >= 15 is 0 Å². The Morgan fingerprint density at radius 3 is 2.06 bits per heavy atom. The molecule has 0 aromatic rings. The van der Waals surface area contributed by atoms with Gasteiger partial charge in [0.2, 0.25) is 0 Å². The number of ether oxygens (including phenoxy) is 1. The minimum absolute atomic E-state index is 0.250. The highest BCUT2D eigenvalue weighted by Gasteiger charge is 2.58. The molecule has 1 aliphatic rings. The fraction of sp³-hybridized carbons (Fsp3) is 0.727. The lowest BCUT2D eigenvalue weighted by Crippen LogP contribution is -2.54. The van der Waals surface area contributed by atoms with E-state index in [0.29, 0.717) is 5.57 Å². The molecule has 17 heavy (non-hydrogen) atoms. The van der Waals surface area contributed by atoms with Crippen molar-refractivity contribution in [3.8, 4) is 0 Å². The molecule has 0 aliphatic heterocycles. The van der Waals surface area contributed by atoms with Crippen molar-refractivity contribution in [1.29, 1.82) is 0 Å². The van der Waals surface area contributed by atoms with E-state index in [2.05, 4.69) is 0 Å². The van der Waals surface area contributed by atoms with Crippen molar-refractivity contribution in [3.63, 3.8) is 0 Å². The predicted octanol–water partition coefficient (Wildman–Crippen LogP) is 1.99. The van der Waals surface area contributed by atoms with Crippen molar-refractivity contribution in [2.45, 2.75) is 45.1 Å². The van der Waals surface area contributed by atoms with Crippen LogP contribution in [0, 0.1) is 0 Å². The van der Waals surface area contributed by atoms with Crippen LogP contribution >= 0.6 is 0 Å². The summed E-state index contributed by atoms with van der Waals surface area (Å²) in [5.41, 5.74) is -3.02. The number of alkyl halides is 3. The van der Waals surface area contributed by atoms with Gasteiger partial charge in [-0.3, -0.25) is 4.79 Å². The maximum atomic E-state index is 12.1. The molecule has 0 saturated carbocycles.